The monoisotopic (exact) mass is 181 g/mol. The van der Waals surface area contributed by atoms with Crippen LogP contribution in [0.1, 0.15) is 12.0 Å². The molecule has 1 N–H and O–H groups in total. The number of alkyl halides is 2. The maximum Gasteiger partial charge on any atom is 0.265 e. The highest BCUT2D eigenvalue weighted by atomic mass is 35.5. The minimum Gasteiger partial charge on any atom is -0.329 e. The molecule has 1 rings (SSSR count). The first-order chi connectivity index (χ1) is 4.70. The smallest absolute Gasteiger partial charge is 0.265 e. The summed E-state index contributed by atoms with van der Waals surface area (Å²) in [5.74, 6) is 0. The second kappa shape index (κ2) is 4.08. The van der Waals surface area contributed by atoms with E-state index in [1.165, 1.54) is 0 Å². The van der Waals surface area contributed by atoms with Gasteiger partial charge in [0.2, 0.25) is 5.56 Å². The lowest BCUT2D eigenvalue weighted by Gasteiger charge is -1.94. The summed E-state index contributed by atoms with van der Waals surface area (Å²) in [4.78, 5) is 12.5. The SMILES string of the molecule is Cl.O=c1ccc(C(F)F)c[nH]1. The molecule has 1 aromatic rings. The van der Waals surface area contributed by atoms with Crippen LogP contribution in [0.4, 0.5) is 8.78 Å². The average molecular weight is 182 g/mol. The van der Waals surface area contributed by atoms with Crippen LogP contribution in [0.15, 0.2) is 23.1 Å². The van der Waals surface area contributed by atoms with Gasteiger partial charge in [-0.15, -0.1) is 12.4 Å². The van der Waals surface area contributed by atoms with Gasteiger partial charge in [0.15, 0.2) is 0 Å². The molecule has 0 fully saturated rings. The van der Waals surface area contributed by atoms with Crippen LogP contribution in [0.5, 0.6) is 0 Å². The minimum atomic E-state index is -2.52. The molecule has 0 aliphatic carbocycles. The lowest BCUT2D eigenvalue weighted by Crippen LogP contribution is -2.02. The van der Waals surface area contributed by atoms with Crippen LogP contribution in [-0.4, -0.2) is 4.98 Å². The Kier molecular flexibility index (Phi) is 3.74. The first kappa shape index (κ1) is 10.1. The predicted molar refractivity (Wildman–Crippen MR) is 39.3 cm³/mol. The summed E-state index contributed by atoms with van der Waals surface area (Å²) < 4.78 is 23.6. The van der Waals surface area contributed by atoms with Gasteiger partial charge < -0.3 is 4.98 Å². The number of H-pyrrole nitrogens is 1. The molecule has 0 aliphatic rings. The molecule has 0 atom stereocenters. The second-order valence-corrected chi connectivity index (χ2v) is 1.79. The van der Waals surface area contributed by atoms with Gasteiger partial charge in [-0.25, -0.2) is 8.78 Å². The molecule has 1 heterocycles. The van der Waals surface area contributed by atoms with E-state index >= 15 is 0 Å². The first-order valence-electron chi connectivity index (χ1n) is 2.67. The molecule has 0 saturated carbocycles. The van der Waals surface area contributed by atoms with Crippen molar-refractivity contribution in [2.75, 3.05) is 0 Å². The number of hydrogen-bond donors (Lipinski definition) is 1. The molecule has 62 valence electrons. The Morgan fingerprint density at radius 2 is 2.00 bits per heavy atom. The molecule has 0 radical (unpaired) electrons. The van der Waals surface area contributed by atoms with Crippen molar-refractivity contribution in [3.8, 4) is 0 Å². The summed E-state index contributed by atoms with van der Waals surface area (Å²) in [5.41, 5.74) is -0.538. The number of aromatic amines is 1. The van der Waals surface area contributed by atoms with Gasteiger partial charge in [0.25, 0.3) is 6.43 Å². The first-order valence-corrected chi connectivity index (χ1v) is 2.67. The third kappa shape index (κ3) is 2.67. The number of hydrogen-bond acceptors (Lipinski definition) is 1. The van der Waals surface area contributed by atoms with E-state index in [2.05, 4.69) is 4.98 Å². The second-order valence-electron chi connectivity index (χ2n) is 1.79. The molecule has 0 saturated heterocycles. The zero-order valence-corrected chi connectivity index (χ0v) is 6.20. The van der Waals surface area contributed by atoms with Gasteiger partial charge >= 0.3 is 0 Å². The van der Waals surface area contributed by atoms with Gasteiger partial charge in [-0.2, -0.15) is 0 Å². The molecule has 0 spiro atoms. The molecule has 2 nitrogen and oxygen atoms in total. The van der Waals surface area contributed by atoms with E-state index < -0.39 is 6.43 Å². The largest absolute Gasteiger partial charge is 0.329 e. The van der Waals surface area contributed by atoms with Gasteiger partial charge in [-0.3, -0.25) is 4.79 Å². The maximum absolute atomic E-state index is 11.8. The molecule has 0 aromatic carbocycles. The van der Waals surface area contributed by atoms with E-state index in [1.807, 2.05) is 0 Å². The van der Waals surface area contributed by atoms with Crippen molar-refractivity contribution in [1.29, 1.82) is 0 Å². The van der Waals surface area contributed by atoms with Crippen LogP contribution in [-0.2, 0) is 0 Å². The molecule has 5 heteroatoms. The Bertz CT molecular complexity index is 253. The normalized spacial score (nSPS) is 9.36. The number of aromatic nitrogens is 1. The lowest BCUT2D eigenvalue weighted by atomic mass is 10.3. The predicted octanol–water partition coefficient (Wildman–Crippen LogP) is 1.73. The van der Waals surface area contributed by atoms with Crippen molar-refractivity contribution >= 4 is 12.4 Å². The average Bonchev–Trinajstić information content (AvgIpc) is 1.88. The number of nitrogens with one attached hydrogen (secondary N) is 1. The van der Waals surface area contributed by atoms with Crippen molar-refractivity contribution in [3.05, 3.63) is 34.2 Å². The van der Waals surface area contributed by atoms with Gasteiger partial charge in [0.05, 0.1) is 0 Å². The fourth-order valence-electron chi connectivity index (χ4n) is 0.558. The third-order valence-electron chi connectivity index (χ3n) is 1.06. The molecular formula is C6H6ClF2NO. The van der Waals surface area contributed by atoms with Crippen molar-refractivity contribution in [1.82, 2.24) is 4.98 Å². The number of pyridine rings is 1. The maximum atomic E-state index is 11.8. The molecule has 1 aromatic heterocycles. The summed E-state index contributed by atoms with van der Waals surface area (Å²) in [7, 11) is 0. The van der Waals surface area contributed by atoms with Crippen LogP contribution >= 0.6 is 12.4 Å². The lowest BCUT2D eigenvalue weighted by molar-refractivity contribution is 0.151. The summed E-state index contributed by atoms with van der Waals surface area (Å²) >= 11 is 0. The van der Waals surface area contributed by atoms with Crippen LogP contribution in [0.25, 0.3) is 0 Å². The summed E-state index contributed by atoms with van der Waals surface area (Å²) in [6, 6.07) is 2.17. The topological polar surface area (TPSA) is 32.9 Å². The van der Waals surface area contributed by atoms with Crippen molar-refractivity contribution < 1.29 is 8.78 Å². The number of halogens is 3. The molecule has 0 unspecified atom stereocenters. The third-order valence-corrected chi connectivity index (χ3v) is 1.06. The van der Waals surface area contributed by atoms with Gasteiger partial charge in [-0.1, -0.05) is 0 Å². The van der Waals surface area contributed by atoms with Gasteiger partial charge in [-0.05, 0) is 6.07 Å². The van der Waals surface area contributed by atoms with E-state index in [4.69, 9.17) is 0 Å². The fraction of sp³-hybridized carbons (Fsp3) is 0.167. The highest BCUT2D eigenvalue weighted by Crippen LogP contribution is 2.14. The molecule has 0 bridgehead atoms. The minimum absolute atomic E-state index is 0. The van der Waals surface area contributed by atoms with E-state index in [9.17, 15) is 13.6 Å². The fourth-order valence-corrected chi connectivity index (χ4v) is 0.558. The molecule has 0 amide bonds. The van der Waals surface area contributed by atoms with Gasteiger partial charge in [0.1, 0.15) is 0 Å². The Hall–Kier alpha value is -0.900. The Morgan fingerprint density at radius 3 is 2.36 bits per heavy atom. The van der Waals surface area contributed by atoms with Crippen molar-refractivity contribution in [2.24, 2.45) is 0 Å². The molecular weight excluding hydrogens is 176 g/mol. The van der Waals surface area contributed by atoms with Gasteiger partial charge in [0, 0.05) is 17.8 Å². The highest BCUT2D eigenvalue weighted by Gasteiger charge is 2.04. The quantitative estimate of drug-likeness (QED) is 0.703. The van der Waals surface area contributed by atoms with Crippen LogP contribution < -0.4 is 5.56 Å². The Labute approximate surface area is 67.7 Å². The van der Waals surface area contributed by atoms with Crippen molar-refractivity contribution in [2.45, 2.75) is 6.43 Å². The summed E-state index contributed by atoms with van der Waals surface area (Å²) in [6.07, 6.45) is -1.51. The zero-order chi connectivity index (χ0) is 7.56. The Morgan fingerprint density at radius 1 is 1.36 bits per heavy atom. The van der Waals surface area contributed by atoms with E-state index in [0.29, 0.717) is 0 Å². The summed E-state index contributed by atoms with van der Waals surface area (Å²) in [6.45, 7) is 0. The standard InChI is InChI=1S/C6H5F2NO.ClH/c7-6(8)4-1-2-5(10)9-3-4;/h1-3,6H,(H,9,10);1H. The molecule has 11 heavy (non-hydrogen) atoms. The molecule has 0 aliphatic heterocycles. The summed E-state index contributed by atoms with van der Waals surface area (Å²) in [5, 5.41) is 0. The van der Waals surface area contributed by atoms with Crippen LogP contribution in [0, 0.1) is 0 Å². The van der Waals surface area contributed by atoms with Crippen LogP contribution in [0.3, 0.4) is 0 Å². The van der Waals surface area contributed by atoms with E-state index in [-0.39, 0.29) is 23.5 Å². The Balaban J connectivity index is 0.000001000. The van der Waals surface area contributed by atoms with E-state index in [1.54, 1.807) is 0 Å². The highest BCUT2D eigenvalue weighted by molar-refractivity contribution is 5.85. The van der Waals surface area contributed by atoms with Crippen molar-refractivity contribution in [3.63, 3.8) is 0 Å². The zero-order valence-electron chi connectivity index (χ0n) is 5.38. The van der Waals surface area contributed by atoms with Crippen LogP contribution in [0.2, 0.25) is 0 Å². The van der Waals surface area contributed by atoms with E-state index in [0.717, 1.165) is 18.3 Å². The number of rotatable bonds is 1.